The fourth-order valence-electron chi connectivity index (χ4n) is 11.6. The van der Waals surface area contributed by atoms with Crippen molar-refractivity contribution in [2.24, 2.45) is 0 Å². The van der Waals surface area contributed by atoms with E-state index < -0.39 is 6.10 Å². The van der Waals surface area contributed by atoms with Gasteiger partial charge in [-0.15, -0.1) is 0 Å². The molecule has 0 N–H and O–H groups in total. The number of esters is 3. The Morgan fingerprint density at radius 3 is 0.671 bits per heavy atom. The fourth-order valence-corrected chi connectivity index (χ4v) is 11.6. The van der Waals surface area contributed by atoms with Crippen LogP contribution in [0.4, 0.5) is 0 Å². The van der Waals surface area contributed by atoms with Crippen molar-refractivity contribution < 1.29 is 28.6 Å². The van der Waals surface area contributed by atoms with Gasteiger partial charge in [0.05, 0.1) is 0 Å². The van der Waals surface area contributed by atoms with Gasteiger partial charge in [-0.05, 0) is 51.4 Å². The number of unbranched alkanes of at least 4 members (excludes halogenated alkanes) is 55. The summed E-state index contributed by atoms with van der Waals surface area (Å²) < 4.78 is 17.0. The first kappa shape index (κ1) is 79.9. The van der Waals surface area contributed by atoms with E-state index in [9.17, 15) is 14.4 Å². The number of carbonyl (C=O) groups excluding carboxylic acids is 3. The number of hydrogen-bond acceptors (Lipinski definition) is 6. The van der Waals surface area contributed by atoms with E-state index in [-0.39, 0.29) is 31.1 Å². The molecule has 0 aliphatic rings. The van der Waals surface area contributed by atoms with Crippen molar-refractivity contribution >= 4 is 17.9 Å². The minimum atomic E-state index is -0.766. The Balaban J connectivity index is 4.12. The molecule has 484 valence electrons. The van der Waals surface area contributed by atoms with Gasteiger partial charge < -0.3 is 14.2 Å². The molecule has 0 aliphatic heterocycles. The highest BCUT2D eigenvalue weighted by molar-refractivity contribution is 5.71. The van der Waals surface area contributed by atoms with Crippen LogP contribution in [0.2, 0.25) is 0 Å². The zero-order valence-corrected chi connectivity index (χ0v) is 55.8. The maximum absolute atomic E-state index is 13.0. The molecule has 0 aliphatic carbocycles. The van der Waals surface area contributed by atoms with Crippen molar-refractivity contribution in [2.45, 2.75) is 431 Å². The molecular formula is C76H144O6. The van der Waals surface area contributed by atoms with E-state index in [2.05, 4.69) is 45.1 Å². The van der Waals surface area contributed by atoms with Gasteiger partial charge in [-0.2, -0.15) is 0 Å². The number of hydrogen-bond donors (Lipinski definition) is 0. The van der Waals surface area contributed by atoms with Gasteiger partial charge in [0.1, 0.15) is 13.2 Å². The second kappa shape index (κ2) is 71.4. The summed E-state index contributed by atoms with van der Waals surface area (Å²) in [5, 5.41) is 0. The van der Waals surface area contributed by atoms with Gasteiger partial charge in [0.2, 0.25) is 0 Å². The van der Waals surface area contributed by atoms with Gasteiger partial charge in [-0.3, -0.25) is 14.4 Å². The smallest absolute Gasteiger partial charge is 0.306 e. The molecule has 0 spiro atoms. The normalized spacial score (nSPS) is 12.1. The lowest BCUT2D eigenvalue weighted by atomic mass is 10.0. The maximum Gasteiger partial charge on any atom is 0.306 e. The SMILES string of the molecule is CCCCCCC/C=C\C/C=C\CCCCCCCCCCCCCCCCCCCC(=O)OCC(COC(=O)CCCCCCCCCCCCC)OC(=O)CCCCCCCCCCCCCCCCCCCCCCCCCC. The van der Waals surface area contributed by atoms with Gasteiger partial charge in [-0.25, -0.2) is 0 Å². The third kappa shape index (κ3) is 68.7. The Morgan fingerprint density at radius 2 is 0.439 bits per heavy atom. The lowest BCUT2D eigenvalue weighted by molar-refractivity contribution is -0.167. The van der Waals surface area contributed by atoms with E-state index >= 15 is 0 Å². The Labute approximate surface area is 513 Å². The first-order valence-corrected chi connectivity index (χ1v) is 37.3. The quantitative estimate of drug-likeness (QED) is 0.0261. The molecule has 6 nitrogen and oxygen atoms in total. The summed E-state index contributed by atoms with van der Waals surface area (Å²) in [6, 6.07) is 0. The molecule has 0 aromatic heterocycles. The molecule has 0 fully saturated rings. The Morgan fingerprint density at radius 1 is 0.244 bits per heavy atom. The largest absolute Gasteiger partial charge is 0.462 e. The minimum absolute atomic E-state index is 0.0634. The van der Waals surface area contributed by atoms with Crippen LogP contribution in [-0.2, 0) is 28.6 Å². The topological polar surface area (TPSA) is 78.9 Å². The molecule has 0 saturated heterocycles. The van der Waals surface area contributed by atoms with E-state index in [1.54, 1.807) is 0 Å². The number of allylic oxidation sites excluding steroid dienone is 4. The van der Waals surface area contributed by atoms with Crippen molar-refractivity contribution in [1.82, 2.24) is 0 Å². The molecule has 82 heavy (non-hydrogen) atoms. The number of rotatable bonds is 70. The first-order valence-electron chi connectivity index (χ1n) is 37.3. The molecule has 0 amide bonds. The predicted octanol–water partition coefficient (Wildman–Crippen LogP) is 25.7. The van der Waals surface area contributed by atoms with Gasteiger partial charge in [0.25, 0.3) is 0 Å². The highest BCUT2D eigenvalue weighted by Gasteiger charge is 2.20. The summed E-state index contributed by atoms with van der Waals surface area (Å²) in [6.45, 7) is 6.71. The van der Waals surface area contributed by atoms with Crippen LogP contribution in [0.1, 0.15) is 425 Å². The third-order valence-corrected chi connectivity index (χ3v) is 17.2. The van der Waals surface area contributed by atoms with Crippen LogP contribution in [0.5, 0.6) is 0 Å². The molecular weight excluding hydrogens is 1010 g/mol. The van der Waals surface area contributed by atoms with Gasteiger partial charge in [-0.1, -0.05) is 379 Å². The fraction of sp³-hybridized carbons (Fsp3) is 0.908. The number of carbonyl (C=O) groups is 3. The van der Waals surface area contributed by atoms with E-state index in [0.29, 0.717) is 19.3 Å². The third-order valence-electron chi connectivity index (χ3n) is 17.2. The monoisotopic (exact) mass is 1150 g/mol. The summed E-state index contributed by atoms with van der Waals surface area (Å²) in [6.07, 6.45) is 88.0. The zero-order valence-electron chi connectivity index (χ0n) is 55.8. The predicted molar refractivity (Wildman–Crippen MR) is 358 cm³/mol. The van der Waals surface area contributed by atoms with Crippen molar-refractivity contribution in [1.29, 1.82) is 0 Å². The molecule has 0 aromatic carbocycles. The summed E-state index contributed by atoms with van der Waals surface area (Å²) >= 11 is 0. The molecule has 0 saturated carbocycles. The number of ether oxygens (including phenoxy) is 3. The average Bonchev–Trinajstić information content (AvgIpc) is 3.47. The van der Waals surface area contributed by atoms with Crippen molar-refractivity contribution in [2.75, 3.05) is 13.2 Å². The van der Waals surface area contributed by atoms with E-state index in [0.717, 1.165) is 64.2 Å². The van der Waals surface area contributed by atoms with Crippen LogP contribution in [0.25, 0.3) is 0 Å². The van der Waals surface area contributed by atoms with E-state index in [1.807, 2.05) is 0 Å². The van der Waals surface area contributed by atoms with Crippen LogP contribution < -0.4 is 0 Å². The minimum Gasteiger partial charge on any atom is -0.462 e. The Kier molecular flexibility index (Phi) is 69.5. The standard InChI is InChI=1S/C76H144O6/c1-4-7-10-13-16-19-22-24-26-28-30-32-34-36-37-38-39-40-42-43-45-47-49-51-54-57-60-63-66-69-75(78)81-72-73(71-80-74(77)68-65-62-59-56-53-21-18-15-12-9-6-3)82-76(79)70-67-64-61-58-55-52-50-48-46-44-41-35-33-31-29-27-25-23-20-17-14-11-8-5-2/h22,24,28,30,73H,4-21,23,25-27,29,31-72H2,1-3H3/b24-22-,30-28-. The van der Waals surface area contributed by atoms with Gasteiger partial charge in [0.15, 0.2) is 6.10 Å². The lowest BCUT2D eigenvalue weighted by Gasteiger charge is -2.18. The molecule has 1 atom stereocenters. The molecule has 0 bridgehead atoms. The second-order valence-corrected chi connectivity index (χ2v) is 25.6. The molecule has 0 aromatic rings. The molecule has 1 unspecified atom stereocenters. The zero-order chi connectivity index (χ0) is 59.2. The van der Waals surface area contributed by atoms with Crippen molar-refractivity contribution in [3.05, 3.63) is 24.3 Å². The second-order valence-electron chi connectivity index (χ2n) is 25.6. The van der Waals surface area contributed by atoms with Crippen LogP contribution in [0.15, 0.2) is 24.3 Å². The summed E-state index contributed by atoms with van der Waals surface area (Å²) in [7, 11) is 0. The van der Waals surface area contributed by atoms with Crippen molar-refractivity contribution in [3.63, 3.8) is 0 Å². The maximum atomic E-state index is 13.0. The van der Waals surface area contributed by atoms with E-state index in [4.69, 9.17) is 14.2 Å². The van der Waals surface area contributed by atoms with E-state index in [1.165, 1.54) is 321 Å². The Bertz CT molecular complexity index is 1320. The highest BCUT2D eigenvalue weighted by Crippen LogP contribution is 2.19. The highest BCUT2D eigenvalue weighted by atomic mass is 16.6. The van der Waals surface area contributed by atoms with Crippen LogP contribution in [0, 0.1) is 0 Å². The molecule has 0 heterocycles. The Hall–Kier alpha value is -2.11. The van der Waals surface area contributed by atoms with Gasteiger partial charge in [0, 0.05) is 19.3 Å². The summed E-state index contributed by atoms with van der Waals surface area (Å²) in [5.74, 6) is -0.828. The average molecular weight is 1150 g/mol. The molecule has 6 heteroatoms. The summed E-state index contributed by atoms with van der Waals surface area (Å²) in [4.78, 5) is 38.4. The molecule has 0 rings (SSSR count). The van der Waals surface area contributed by atoms with Crippen molar-refractivity contribution in [3.8, 4) is 0 Å². The van der Waals surface area contributed by atoms with Crippen LogP contribution in [0.3, 0.4) is 0 Å². The van der Waals surface area contributed by atoms with Crippen LogP contribution >= 0.6 is 0 Å². The van der Waals surface area contributed by atoms with Crippen LogP contribution in [-0.4, -0.2) is 37.2 Å². The first-order chi connectivity index (χ1) is 40.5. The van der Waals surface area contributed by atoms with Gasteiger partial charge >= 0.3 is 17.9 Å². The lowest BCUT2D eigenvalue weighted by Crippen LogP contribution is -2.30. The molecule has 0 radical (unpaired) electrons. The summed E-state index contributed by atoms with van der Waals surface area (Å²) in [5.41, 5.74) is 0.